The summed E-state index contributed by atoms with van der Waals surface area (Å²) in [5.74, 6) is -0.246. The Hall–Kier alpha value is -2.19. The molecule has 0 spiro atoms. The molecule has 7 nitrogen and oxygen atoms in total. The molecule has 1 aromatic rings. The van der Waals surface area contributed by atoms with E-state index in [1.807, 2.05) is 13.0 Å². The molecule has 2 saturated heterocycles. The fourth-order valence-electron chi connectivity index (χ4n) is 3.94. The molecule has 1 N–H and O–H groups in total. The Bertz CT molecular complexity index is 707. The number of methoxy groups -OCH3 is 1. The molecule has 3 rings (SSSR count). The zero-order chi connectivity index (χ0) is 20.1. The molecule has 2 amide bonds. The van der Waals surface area contributed by atoms with E-state index in [4.69, 9.17) is 4.74 Å². The first-order valence-electron chi connectivity index (χ1n) is 9.92. The minimum absolute atomic E-state index is 0.0843. The summed E-state index contributed by atoms with van der Waals surface area (Å²) in [6.45, 7) is 7.17. The molecule has 1 atom stereocenters. The van der Waals surface area contributed by atoms with Crippen molar-refractivity contribution in [1.29, 1.82) is 0 Å². The SMILES string of the molecule is CCNC1CC(=O)N(CCCN2CCN(c3cccc(F)c3OC)CC2)C1=O. The lowest BCUT2D eigenvalue weighted by Crippen LogP contribution is -2.47. The van der Waals surface area contributed by atoms with Crippen LogP contribution in [0.15, 0.2) is 18.2 Å². The monoisotopic (exact) mass is 392 g/mol. The van der Waals surface area contributed by atoms with Crippen molar-refractivity contribution < 1.29 is 18.7 Å². The van der Waals surface area contributed by atoms with E-state index in [0.29, 0.717) is 13.1 Å². The van der Waals surface area contributed by atoms with Crippen LogP contribution in [0.5, 0.6) is 5.75 Å². The molecule has 28 heavy (non-hydrogen) atoms. The third kappa shape index (κ3) is 4.44. The highest BCUT2D eigenvalue weighted by atomic mass is 19.1. The highest BCUT2D eigenvalue weighted by molar-refractivity contribution is 6.05. The summed E-state index contributed by atoms with van der Waals surface area (Å²) in [4.78, 5) is 30.1. The van der Waals surface area contributed by atoms with Crippen LogP contribution in [-0.4, -0.2) is 80.6 Å². The predicted octanol–water partition coefficient (Wildman–Crippen LogP) is 1.08. The number of amides is 2. The third-order valence-electron chi connectivity index (χ3n) is 5.41. The number of piperazine rings is 1. The van der Waals surface area contributed by atoms with Gasteiger partial charge in [0.05, 0.1) is 25.3 Å². The average Bonchev–Trinajstić information content (AvgIpc) is 2.96. The molecule has 0 bridgehead atoms. The number of hydrogen-bond acceptors (Lipinski definition) is 6. The van der Waals surface area contributed by atoms with Gasteiger partial charge in [-0.1, -0.05) is 13.0 Å². The second-order valence-corrected chi connectivity index (χ2v) is 7.17. The fourth-order valence-corrected chi connectivity index (χ4v) is 3.94. The topological polar surface area (TPSA) is 65.1 Å². The van der Waals surface area contributed by atoms with Crippen LogP contribution in [0, 0.1) is 5.82 Å². The molecule has 154 valence electrons. The first-order valence-corrected chi connectivity index (χ1v) is 9.92. The van der Waals surface area contributed by atoms with Gasteiger partial charge in [-0.05, 0) is 31.6 Å². The van der Waals surface area contributed by atoms with Gasteiger partial charge in [-0.3, -0.25) is 19.4 Å². The maximum Gasteiger partial charge on any atom is 0.246 e. The molecule has 0 saturated carbocycles. The van der Waals surface area contributed by atoms with Crippen LogP contribution in [0.3, 0.4) is 0 Å². The van der Waals surface area contributed by atoms with Gasteiger partial charge in [0.15, 0.2) is 11.6 Å². The van der Waals surface area contributed by atoms with Crippen molar-refractivity contribution in [3.05, 3.63) is 24.0 Å². The minimum Gasteiger partial charge on any atom is -0.492 e. The average molecular weight is 392 g/mol. The minimum atomic E-state index is -0.359. The van der Waals surface area contributed by atoms with E-state index in [2.05, 4.69) is 15.1 Å². The number of carbonyl (C=O) groups excluding carboxylic acids is 2. The van der Waals surface area contributed by atoms with E-state index in [9.17, 15) is 14.0 Å². The van der Waals surface area contributed by atoms with Gasteiger partial charge in [0, 0.05) is 32.7 Å². The van der Waals surface area contributed by atoms with Crippen LogP contribution in [0.4, 0.5) is 10.1 Å². The van der Waals surface area contributed by atoms with Gasteiger partial charge in [-0.15, -0.1) is 0 Å². The standard InChI is InChI=1S/C20H29FN4O3/c1-3-22-16-14-18(26)25(20(16)27)9-5-8-23-10-12-24(13-11-23)17-7-4-6-15(21)19(17)28-2/h4,6-7,16,22H,3,5,8-14H2,1-2H3. The van der Waals surface area contributed by atoms with Crippen LogP contribution in [0.2, 0.25) is 0 Å². The zero-order valence-electron chi connectivity index (χ0n) is 16.6. The second-order valence-electron chi connectivity index (χ2n) is 7.17. The highest BCUT2D eigenvalue weighted by Gasteiger charge is 2.37. The molecule has 1 unspecified atom stereocenters. The molecule has 2 heterocycles. The van der Waals surface area contributed by atoms with Crippen LogP contribution >= 0.6 is 0 Å². The summed E-state index contributed by atoms with van der Waals surface area (Å²) in [5.41, 5.74) is 0.782. The lowest BCUT2D eigenvalue weighted by molar-refractivity contribution is -0.138. The lowest BCUT2D eigenvalue weighted by Gasteiger charge is -2.36. The Morgan fingerprint density at radius 1 is 1.18 bits per heavy atom. The highest BCUT2D eigenvalue weighted by Crippen LogP contribution is 2.31. The molecule has 0 aliphatic carbocycles. The number of nitrogens with one attached hydrogen (secondary N) is 1. The summed E-state index contributed by atoms with van der Waals surface area (Å²) in [5, 5.41) is 3.06. The van der Waals surface area contributed by atoms with Crippen molar-refractivity contribution in [2.75, 3.05) is 57.8 Å². The van der Waals surface area contributed by atoms with Crippen LogP contribution in [0.1, 0.15) is 19.8 Å². The van der Waals surface area contributed by atoms with Crippen molar-refractivity contribution in [3.63, 3.8) is 0 Å². The Labute approximate surface area is 165 Å². The number of halogens is 1. The summed E-state index contributed by atoms with van der Waals surface area (Å²) in [6, 6.07) is 4.62. The molecule has 2 fully saturated rings. The van der Waals surface area contributed by atoms with E-state index < -0.39 is 0 Å². The molecular formula is C20H29FN4O3. The number of likely N-dealkylation sites (N-methyl/N-ethyl adjacent to an activating group) is 1. The first-order chi connectivity index (χ1) is 13.5. The summed E-state index contributed by atoms with van der Waals surface area (Å²) in [6.07, 6.45) is 1.03. The van der Waals surface area contributed by atoms with Crippen molar-refractivity contribution in [2.24, 2.45) is 0 Å². The number of para-hydroxylation sites is 1. The largest absolute Gasteiger partial charge is 0.492 e. The van der Waals surface area contributed by atoms with Gasteiger partial charge in [0.25, 0.3) is 0 Å². The third-order valence-corrected chi connectivity index (χ3v) is 5.41. The molecule has 2 aliphatic rings. The Morgan fingerprint density at radius 3 is 2.61 bits per heavy atom. The molecule has 8 heteroatoms. The summed E-state index contributed by atoms with van der Waals surface area (Å²) < 4.78 is 19.1. The Balaban J connectivity index is 1.45. The van der Waals surface area contributed by atoms with Crippen LogP contribution in [-0.2, 0) is 9.59 Å². The number of ether oxygens (including phenoxy) is 1. The number of rotatable bonds is 8. The van der Waals surface area contributed by atoms with Crippen molar-refractivity contribution >= 4 is 17.5 Å². The molecule has 0 aromatic heterocycles. The Kier molecular flexibility index (Phi) is 6.85. The van der Waals surface area contributed by atoms with E-state index in [1.165, 1.54) is 18.1 Å². The fraction of sp³-hybridized carbons (Fsp3) is 0.600. The number of benzene rings is 1. The van der Waals surface area contributed by atoms with Crippen molar-refractivity contribution in [1.82, 2.24) is 15.1 Å². The predicted molar refractivity (Wildman–Crippen MR) is 105 cm³/mol. The zero-order valence-corrected chi connectivity index (χ0v) is 16.6. The van der Waals surface area contributed by atoms with Gasteiger partial charge >= 0.3 is 0 Å². The maximum atomic E-state index is 13.9. The van der Waals surface area contributed by atoms with Crippen LogP contribution in [0.25, 0.3) is 0 Å². The van der Waals surface area contributed by atoms with E-state index in [0.717, 1.165) is 44.8 Å². The number of likely N-dealkylation sites (tertiary alicyclic amines) is 1. The number of carbonyl (C=O) groups is 2. The molecular weight excluding hydrogens is 363 g/mol. The van der Waals surface area contributed by atoms with Gasteiger partial charge in [0.1, 0.15) is 0 Å². The maximum absolute atomic E-state index is 13.9. The van der Waals surface area contributed by atoms with Crippen molar-refractivity contribution in [2.45, 2.75) is 25.8 Å². The number of nitrogens with zero attached hydrogens (tertiary/aromatic N) is 3. The number of anilines is 1. The van der Waals surface area contributed by atoms with Gasteiger partial charge in [-0.2, -0.15) is 0 Å². The number of imide groups is 1. The van der Waals surface area contributed by atoms with Gasteiger partial charge in [0.2, 0.25) is 11.8 Å². The van der Waals surface area contributed by atoms with E-state index >= 15 is 0 Å². The Morgan fingerprint density at radius 2 is 1.93 bits per heavy atom. The van der Waals surface area contributed by atoms with E-state index in [1.54, 1.807) is 6.07 Å². The quantitative estimate of drug-likeness (QED) is 0.668. The van der Waals surface area contributed by atoms with Crippen LogP contribution < -0.4 is 15.0 Å². The molecule has 0 radical (unpaired) electrons. The van der Waals surface area contributed by atoms with Crippen molar-refractivity contribution in [3.8, 4) is 5.75 Å². The molecule has 2 aliphatic heterocycles. The molecule has 1 aromatic carbocycles. The number of hydrogen-bond donors (Lipinski definition) is 1. The normalized spacial score (nSPS) is 20.9. The first kappa shape index (κ1) is 20.5. The summed E-state index contributed by atoms with van der Waals surface area (Å²) >= 11 is 0. The van der Waals surface area contributed by atoms with E-state index in [-0.39, 0.29) is 35.8 Å². The van der Waals surface area contributed by atoms with Gasteiger partial charge in [-0.25, -0.2) is 4.39 Å². The van der Waals surface area contributed by atoms with Gasteiger partial charge < -0.3 is 15.0 Å². The summed E-state index contributed by atoms with van der Waals surface area (Å²) in [7, 11) is 1.49. The smallest absolute Gasteiger partial charge is 0.246 e. The lowest BCUT2D eigenvalue weighted by atomic mass is 10.2. The second kappa shape index (κ2) is 9.34.